The van der Waals surface area contributed by atoms with Gasteiger partial charge in [0.1, 0.15) is 18.1 Å². The molecule has 1 heterocycles. The number of anilines is 1. The summed E-state index contributed by atoms with van der Waals surface area (Å²) in [4.78, 5) is 0. The van der Waals surface area contributed by atoms with Crippen LogP contribution in [0, 0.1) is 0 Å². The van der Waals surface area contributed by atoms with E-state index in [1.165, 1.54) is 0 Å². The van der Waals surface area contributed by atoms with Crippen molar-refractivity contribution in [2.45, 2.75) is 26.4 Å². The van der Waals surface area contributed by atoms with Gasteiger partial charge < -0.3 is 15.4 Å². The molecule has 0 aliphatic heterocycles. The number of nitrogens with zero attached hydrogens (tertiary/aromatic N) is 2. The lowest BCUT2D eigenvalue weighted by molar-refractivity contribution is -0.696. The van der Waals surface area contributed by atoms with Gasteiger partial charge in [0, 0.05) is 18.7 Å². The van der Waals surface area contributed by atoms with Crippen LogP contribution in [-0.4, -0.2) is 23.3 Å². The number of imidazole rings is 1. The van der Waals surface area contributed by atoms with Gasteiger partial charge in [-0.3, -0.25) is 0 Å². The van der Waals surface area contributed by atoms with Crippen molar-refractivity contribution in [3.8, 4) is 5.75 Å². The van der Waals surface area contributed by atoms with E-state index in [0.29, 0.717) is 5.11 Å². The largest absolute Gasteiger partial charge is 0.497 e. The van der Waals surface area contributed by atoms with Crippen molar-refractivity contribution in [3.05, 3.63) is 43.0 Å². The number of nitrogens with one attached hydrogen (secondary N) is 2. The molecule has 0 aliphatic carbocycles. The fourth-order valence-corrected chi connectivity index (χ4v) is 2.29. The highest BCUT2D eigenvalue weighted by atomic mass is 32.1. The van der Waals surface area contributed by atoms with Crippen molar-refractivity contribution < 1.29 is 9.30 Å². The first-order valence-corrected chi connectivity index (χ1v) is 7.86. The van der Waals surface area contributed by atoms with Gasteiger partial charge in [-0.2, -0.15) is 0 Å². The molecule has 2 N–H and O–H groups in total. The van der Waals surface area contributed by atoms with E-state index in [4.69, 9.17) is 17.0 Å². The van der Waals surface area contributed by atoms with E-state index in [9.17, 15) is 0 Å². The van der Waals surface area contributed by atoms with Gasteiger partial charge >= 0.3 is 0 Å². The van der Waals surface area contributed by atoms with E-state index >= 15 is 0 Å². The normalized spacial score (nSPS) is 10.3. The number of hydrogen-bond donors (Lipinski definition) is 2. The second-order valence-electron chi connectivity index (χ2n) is 4.94. The number of ether oxygens (including phenoxy) is 1. The van der Waals surface area contributed by atoms with Crippen LogP contribution in [0.3, 0.4) is 0 Å². The van der Waals surface area contributed by atoms with Gasteiger partial charge in [-0.1, -0.05) is 0 Å². The lowest BCUT2D eigenvalue weighted by Crippen LogP contribution is -2.35. The van der Waals surface area contributed by atoms with Gasteiger partial charge in [0.25, 0.3) is 0 Å². The summed E-state index contributed by atoms with van der Waals surface area (Å²) in [5.41, 5.74) is 0.952. The summed E-state index contributed by atoms with van der Waals surface area (Å²) in [7, 11) is 1.65. The first-order valence-electron chi connectivity index (χ1n) is 7.45. The maximum atomic E-state index is 5.29. The Morgan fingerprint density at radius 3 is 2.73 bits per heavy atom. The molecule has 2 aromatic rings. The minimum absolute atomic E-state index is 0.640. The molecule has 5 nitrogen and oxygen atoms in total. The second-order valence-corrected chi connectivity index (χ2v) is 5.35. The summed E-state index contributed by atoms with van der Waals surface area (Å²) in [5, 5.41) is 7.02. The highest BCUT2D eigenvalue weighted by molar-refractivity contribution is 7.80. The summed E-state index contributed by atoms with van der Waals surface area (Å²) < 4.78 is 9.47. The number of hydrogen-bond acceptors (Lipinski definition) is 2. The van der Waals surface area contributed by atoms with Crippen LogP contribution in [0.5, 0.6) is 5.75 Å². The molecule has 0 saturated carbocycles. The van der Waals surface area contributed by atoms with Gasteiger partial charge in [0.05, 0.1) is 20.2 Å². The molecule has 0 spiro atoms. The Bertz CT molecular complexity index is 594. The van der Waals surface area contributed by atoms with Crippen LogP contribution in [0.4, 0.5) is 5.69 Å². The van der Waals surface area contributed by atoms with Gasteiger partial charge in [0.2, 0.25) is 6.33 Å². The Morgan fingerprint density at radius 2 is 2.09 bits per heavy atom. The molecule has 0 radical (unpaired) electrons. The summed E-state index contributed by atoms with van der Waals surface area (Å²) in [6.07, 6.45) is 7.32. The molecule has 0 aliphatic rings. The van der Waals surface area contributed by atoms with Crippen LogP contribution >= 0.6 is 12.2 Å². The van der Waals surface area contributed by atoms with Gasteiger partial charge in [-0.15, -0.1) is 0 Å². The van der Waals surface area contributed by atoms with Crippen LogP contribution in [0.25, 0.3) is 0 Å². The number of methoxy groups -OCH3 is 1. The Morgan fingerprint density at radius 1 is 1.32 bits per heavy atom. The Labute approximate surface area is 136 Å². The fraction of sp³-hybridized carbons (Fsp3) is 0.375. The Hall–Kier alpha value is -2.08. The lowest BCUT2D eigenvalue weighted by atomic mass is 10.3. The van der Waals surface area contributed by atoms with Crippen molar-refractivity contribution in [1.29, 1.82) is 0 Å². The van der Waals surface area contributed by atoms with Crippen molar-refractivity contribution in [3.63, 3.8) is 0 Å². The smallest absolute Gasteiger partial charge is 0.243 e. The molecule has 22 heavy (non-hydrogen) atoms. The summed E-state index contributed by atoms with van der Waals surface area (Å²) in [5.74, 6) is 0.834. The van der Waals surface area contributed by atoms with E-state index in [-0.39, 0.29) is 0 Å². The first kappa shape index (κ1) is 16.3. The first-order chi connectivity index (χ1) is 10.7. The molecule has 0 unspecified atom stereocenters. The lowest BCUT2D eigenvalue weighted by Gasteiger charge is -2.10. The van der Waals surface area contributed by atoms with E-state index in [0.717, 1.165) is 37.5 Å². The van der Waals surface area contributed by atoms with E-state index in [2.05, 4.69) is 45.4 Å². The second kappa shape index (κ2) is 8.38. The van der Waals surface area contributed by atoms with Crippen LogP contribution < -0.4 is 19.9 Å². The number of benzene rings is 1. The van der Waals surface area contributed by atoms with Gasteiger partial charge in [0.15, 0.2) is 5.11 Å². The summed E-state index contributed by atoms with van der Waals surface area (Å²) >= 11 is 5.29. The van der Waals surface area contributed by atoms with Crippen LogP contribution in [-0.2, 0) is 13.1 Å². The molecule has 6 heteroatoms. The Balaban J connectivity index is 1.66. The molecule has 0 bridgehead atoms. The van der Waals surface area contributed by atoms with Gasteiger partial charge in [-0.25, -0.2) is 9.13 Å². The quantitative estimate of drug-likeness (QED) is 0.466. The predicted octanol–water partition coefficient (Wildman–Crippen LogP) is 2.18. The number of aryl methyl sites for hydroxylation is 2. The minimum atomic E-state index is 0.640. The number of rotatable bonds is 7. The Kier molecular flexibility index (Phi) is 6.21. The highest BCUT2D eigenvalue weighted by Gasteiger charge is 2.02. The van der Waals surface area contributed by atoms with E-state index in [1.807, 2.05) is 24.3 Å². The molecule has 0 amide bonds. The van der Waals surface area contributed by atoms with Crippen molar-refractivity contribution in [2.75, 3.05) is 19.0 Å². The summed E-state index contributed by atoms with van der Waals surface area (Å²) in [6, 6.07) is 7.69. The standard InChI is InChI=1S/C16H22N4OS/c1-3-19-11-12-20(13-19)10-4-9-17-16(22)18-14-5-7-15(21-2)8-6-14/h5-8,11-13H,3-4,9-10H2,1-2H3,(H-,17,18,22)/p+1. The molecular weight excluding hydrogens is 296 g/mol. The predicted molar refractivity (Wildman–Crippen MR) is 92.1 cm³/mol. The van der Waals surface area contributed by atoms with Crippen molar-refractivity contribution in [1.82, 2.24) is 9.88 Å². The maximum absolute atomic E-state index is 5.29. The summed E-state index contributed by atoms with van der Waals surface area (Å²) in [6.45, 7) is 4.95. The molecule has 0 saturated heterocycles. The monoisotopic (exact) mass is 319 g/mol. The van der Waals surface area contributed by atoms with Crippen LogP contribution in [0.2, 0.25) is 0 Å². The van der Waals surface area contributed by atoms with Gasteiger partial charge in [-0.05, 0) is 43.4 Å². The molecule has 2 rings (SSSR count). The fourth-order valence-electron chi connectivity index (χ4n) is 2.07. The average Bonchev–Trinajstić information content (AvgIpc) is 3.00. The third-order valence-electron chi connectivity index (χ3n) is 3.34. The van der Waals surface area contributed by atoms with Crippen LogP contribution in [0.1, 0.15) is 13.3 Å². The molecular formula is C16H23N4OS+. The molecule has 1 aromatic carbocycles. The molecule has 1 aromatic heterocycles. The zero-order valence-electron chi connectivity index (χ0n) is 13.1. The van der Waals surface area contributed by atoms with Crippen LogP contribution in [0.15, 0.2) is 43.0 Å². The zero-order valence-corrected chi connectivity index (χ0v) is 13.9. The molecule has 0 atom stereocenters. The molecule has 118 valence electrons. The third kappa shape index (κ3) is 5.04. The van der Waals surface area contributed by atoms with Crippen molar-refractivity contribution in [2.24, 2.45) is 0 Å². The van der Waals surface area contributed by atoms with E-state index < -0.39 is 0 Å². The SMILES string of the molecule is CCn1cc[n+](CCCNC(=S)Nc2ccc(OC)cc2)c1. The van der Waals surface area contributed by atoms with Crippen molar-refractivity contribution >= 4 is 23.0 Å². The third-order valence-corrected chi connectivity index (χ3v) is 3.58. The molecule has 0 fully saturated rings. The maximum Gasteiger partial charge on any atom is 0.243 e. The van der Waals surface area contributed by atoms with E-state index in [1.54, 1.807) is 7.11 Å². The number of aromatic nitrogens is 2. The average molecular weight is 319 g/mol. The highest BCUT2D eigenvalue weighted by Crippen LogP contribution is 2.14. The number of thiocarbonyl (C=S) groups is 1. The minimum Gasteiger partial charge on any atom is -0.497 e. The zero-order chi connectivity index (χ0) is 15.8. The topological polar surface area (TPSA) is 42.1 Å².